The van der Waals surface area contributed by atoms with Gasteiger partial charge in [-0.05, 0) is 55.2 Å². The highest BCUT2D eigenvalue weighted by atomic mass is 16.6. The highest BCUT2D eigenvalue weighted by Crippen LogP contribution is 2.42. The molecule has 0 aromatic heterocycles. The zero-order valence-corrected chi connectivity index (χ0v) is 24.9. The van der Waals surface area contributed by atoms with Gasteiger partial charge in [0.15, 0.2) is 0 Å². The van der Waals surface area contributed by atoms with Crippen LogP contribution in [0.3, 0.4) is 0 Å². The molecule has 0 saturated heterocycles. The van der Waals surface area contributed by atoms with Crippen LogP contribution in [-0.4, -0.2) is 70.8 Å². The van der Waals surface area contributed by atoms with Gasteiger partial charge in [0.1, 0.15) is 32.0 Å². The van der Waals surface area contributed by atoms with Crippen LogP contribution in [0.5, 0.6) is 0 Å². The van der Waals surface area contributed by atoms with Gasteiger partial charge in [0.25, 0.3) is 5.91 Å². The van der Waals surface area contributed by atoms with Crippen molar-refractivity contribution in [2.24, 2.45) is 5.90 Å². The number of hydrogen-bond acceptors (Lipinski definition) is 7. The van der Waals surface area contributed by atoms with E-state index in [1.165, 1.54) is 6.07 Å². The number of carbonyl (C=O) groups excluding carboxylic acids is 2. The molecule has 11 nitrogen and oxygen atoms in total. The lowest BCUT2D eigenvalue weighted by Crippen LogP contribution is -2.29. The number of nitrogens with one attached hydrogen (secondary N) is 2. The van der Waals surface area contributed by atoms with Crippen LogP contribution in [0, 0.1) is 0 Å². The van der Waals surface area contributed by atoms with E-state index in [1.807, 2.05) is 74.1 Å². The molecular formula is C32H38N5O6+. The van der Waals surface area contributed by atoms with E-state index in [9.17, 15) is 19.5 Å². The van der Waals surface area contributed by atoms with E-state index >= 15 is 0 Å². The SMILES string of the molecule is CN(C)[13c]1[13cH][13cH][13c]2c(-c3ccc(C(=O)NCCCCCNC(=O)CON)cc3C(=O)O)[13c]3[13cH][13cH][13c](=[N+](C)C)[13cH][13c]-3o[13c]2[13cH]1. The first-order valence-electron chi connectivity index (χ1n) is 14.0. The lowest BCUT2D eigenvalue weighted by Gasteiger charge is -2.19. The molecule has 2 amide bonds. The Hall–Kier alpha value is -4.74. The minimum atomic E-state index is -1.14. The van der Waals surface area contributed by atoms with Gasteiger partial charge < -0.3 is 25.1 Å². The average molecular weight is 601 g/mol. The van der Waals surface area contributed by atoms with Crippen molar-refractivity contribution in [3.8, 4) is 22.5 Å². The Kier molecular flexibility index (Phi) is 10.1. The Labute approximate surface area is 249 Å². The van der Waals surface area contributed by atoms with E-state index in [0.29, 0.717) is 36.4 Å². The fourth-order valence-corrected chi connectivity index (χ4v) is 4.88. The van der Waals surface area contributed by atoms with Crippen LogP contribution in [0.4, 0.5) is 5.69 Å². The average Bonchev–Trinajstić information content (AvgIpc) is 2.98. The number of amides is 2. The van der Waals surface area contributed by atoms with Gasteiger partial charge in [-0.1, -0.05) is 6.07 Å². The predicted molar refractivity (Wildman–Crippen MR) is 166 cm³/mol. The second kappa shape index (κ2) is 14.0. The Morgan fingerprint density at radius 1 is 0.930 bits per heavy atom. The molecule has 0 saturated carbocycles. The number of carboxylic acids is 1. The number of fused-ring (bicyclic) bond motifs is 2. The number of rotatable bonds is 12. The van der Waals surface area contributed by atoms with Gasteiger partial charge in [0.05, 0.1) is 11.6 Å². The number of carbonyl (C=O) groups is 3. The third kappa shape index (κ3) is 7.37. The standard InChI is InChI=1S/C32H37N5O6/c1-36(2)21-9-12-24-27(17-21)43-28-18-22(37(3)4)10-13-25(28)30(24)23-11-8-20(16-26(23)32(40)41)31(39)35-15-7-5-6-14-34-29(38)19-42-33/h8-13,16-18H,5-7,14-15,19,33H2,1-4H3,(H2-,34,35,38,39,40,41)/p+1/i9+1,10+1,12+1,13+1,17+1,18+1,21+1,22+1,24+1,25+1,27+1,28+1. The molecule has 0 radical (unpaired) electrons. The van der Waals surface area contributed by atoms with Crippen molar-refractivity contribution in [2.45, 2.75) is 19.3 Å². The second-order valence-electron chi connectivity index (χ2n) is 10.7. The summed E-state index contributed by atoms with van der Waals surface area (Å²) in [5.41, 5.74) is 3.83. The van der Waals surface area contributed by atoms with Crippen LogP contribution < -0.4 is 31.4 Å². The van der Waals surface area contributed by atoms with Gasteiger partial charge in [-0.3, -0.25) is 14.4 Å². The van der Waals surface area contributed by atoms with Crippen LogP contribution in [0.15, 0.2) is 59.0 Å². The number of hydrogen-bond donors (Lipinski definition) is 4. The summed E-state index contributed by atoms with van der Waals surface area (Å²) in [6.07, 6.45) is 2.23. The molecule has 43 heavy (non-hydrogen) atoms. The molecule has 2 aliphatic rings. The first-order chi connectivity index (χ1) is 20.6. The minimum absolute atomic E-state index is 0.0204. The van der Waals surface area contributed by atoms with Crippen LogP contribution in [0.2, 0.25) is 0 Å². The molecule has 0 atom stereocenters. The molecule has 1 aliphatic carbocycles. The normalized spacial score (nSPS) is 11.0. The predicted octanol–water partition coefficient (Wildman–Crippen LogP) is 2.91. The molecule has 11 heteroatoms. The Morgan fingerprint density at radius 3 is 2.33 bits per heavy atom. The van der Waals surface area contributed by atoms with E-state index in [0.717, 1.165) is 40.4 Å². The molecule has 4 rings (SSSR count). The molecular weight excluding hydrogens is 562 g/mol. The summed E-state index contributed by atoms with van der Waals surface area (Å²) < 4.78 is 8.33. The zero-order chi connectivity index (χ0) is 31.1. The van der Waals surface area contributed by atoms with Crippen LogP contribution in [-0.2, 0) is 9.63 Å². The summed E-state index contributed by atoms with van der Waals surface area (Å²) in [5, 5.41) is 17.5. The van der Waals surface area contributed by atoms with E-state index in [4.69, 9.17) is 10.3 Å². The number of aromatic carboxylic acids is 1. The summed E-state index contributed by atoms with van der Waals surface area (Å²) in [5.74, 6) is 3.72. The van der Waals surface area contributed by atoms with E-state index in [2.05, 4.69) is 15.5 Å². The summed E-state index contributed by atoms with van der Waals surface area (Å²) in [6.45, 7) is 0.720. The maximum Gasteiger partial charge on any atom is 0.336 e. The summed E-state index contributed by atoms with van der Waals surface area (Å²) in [7, 11) is 7.78. The van der Waals surface area contributed by atoms with Crippen molar-refractivity contribution in [2.75, 3.05) is 52.8 Å². The Balaban J connectivity index is 1.64. The number of benzene rings is 3. The third-order valence-corrected chi connectivity index (χ3v) is 7.18. The fourth-order valence-electron chi connectivity index (χ4n) is 4.88. The maximum atomic E-state index is 12.9. The molecule has 2 aromatic rings. The highest BCUT2D eigenvalue weighted by molar-refractivity contribution is 6.09. The third-order valence-electron chi connectivity index (χ3n) is 7.18. The van der Waals surface area contributed by atoms with E-state index < -0.39 is 5.97 Å². The minimum Gasteiger partial charge on any atom is -0.478 e. The second-order valence-corrected chi connectivity index (χ2v) is 10.7. The van der Waals surface area contributed by atoms with Crippen molar-refractivity contribution in [1.29, 1.82) is 0 Å². The highest BCUT2D eigenvalue weighted by Gasteiger charge is 2.23. The molecule has 0 bridgehead atoms. The van der Waals surface area contributed by atoms with Gasteiger partial charge in [0, 0.05) is 67.1 Å². The molecule has 1 heterocycles. The molecule has 2 aromatic carbocycles. The number of anilines is 1. The zero-order valence-electron chi connectivity index (χ0n) is 24.9. The van der Waals surface area contributed by atoms with Gasteiger partial charge in [-0.15, -0.1) is 0 Å². The molecule has 226 valence electrons. The van der Waals surface area contributed by atoms with Crippen molar-refractivity contribution in [1.82, 2.24) is 15.2 Å². The maximum absolute atomic E-state index is 12.9. The molecule has 0 unspecified atom stereocenters. The van der Waals surface area contributed by atoms with Gasteiger partial charge in [-0.25, -0.2) is 15.3 Å². The van der Waals surface area contributed by atoms with Crippen molar-refractivity contribution in [3.05, 3.63) is 71.1 Å². The van der Waals surface area contributed by atoms with Crippen molar-refractivity contribution < 1.29 is 28.7 Å². The van der Waals surface area contributed by atoms with Crippen LogP contribution in [0.1, 0.15) is 40.0 Å². The lowest BCUT2D eigenvalue weighted by atomic mass is 10.0. The molecule has 0 spiro atoms. The summed E-state index contributed by atoms with van der Waals surface area (Å²) >= 11 is 0. The Morgan fingerprint density at radius 2 is 1.65 bits per heavy atom. The molecule has 5 N–H and O–H groups in total. The number of nitrogens with two attached hydrogens (primary N) is 1. The lowest BCUT2D eigenvalue weighted by molar-refractivity contribution is -0.125. The van der Waals surface area contributed by atoms with Crippen LogP contribution >= 0.6 is 0 Å². The Bertz CT molecular complexity index is 1690. The monoisotopic (exact) mass is 600 g/mol. The molecule has 0 fully saturated rings. The molecule has 1 aliphatic heterocycles. The van der Waals surface area contributed by atoms with Gasteiger partial charge in [0.2, 0.25) is 11.3 Å². The summed E-state index contributed by atoms with van der Waals surface area (Å²) in [4.78, 5) is 43.1. The van der Waals surface area contributed by atoms with E-state index in [1.54, 1.807) is 12.1 Å². The first kappa shape index (κ1) is 31.2. The first-order valence-corrected chi connectivity index (χ1v) is 14.0. The van der Waals surface area contributed by atoms with Crippen molar-refractivity contribution >= 4 is 34.4 Å². The number of unbranched alkanes of at least 4 members (excludes halogenated alkanes) is 2. The quantitative estimate of drug-likeness (QED) is 0.0840. The van der Waals surface area contributed by atoms with Crippen LogP contribution in [0.25, 0.3) is 33.4 Å². The summed E-state index contributed by atoms with van der Waals surface area (Å²) in [6, 6.07) is 16.4. The van der Waals surface area contributed by atoms with Gasteiger partial charge in [-0.2, -0.15) is 0 Å². The number of carboxylic acid groups (broad SMARTS) is 1. The van der Waals surface area contributed by atoms with Gasteiger partial charge >= 0.3 is 5.97 Å². The number of nitrogens with zero attached hydrogens (tertiary/aromatic N) is 2. The smallest absolute Gasteiger partial charge is 0.336 e. The van der Waals surface area contributed by atoms with E-state index in [-0.39, 0.29) is 29.5 Å². The van der Waals surface area contributed by atoms with Crippen molar-refractivity contribution in [3.63, 3.8) is 0 Å². The fraction of sp³-hybridized carbons (Fsp3) is 0.312. The largest absolute Gasteiger partial charge is 0.478 e. The topological polar surface area (TPSA) is 150 Å².